The fourth-order valence-electron chi connectivity index (χ4n) is 1.68. The Hall–Kier alpha value is -1.10. The Balaban J connectivity index is 4.15. The third-order valence-electron chi connectivity index (χ3n) is 2.96. The zero-order valence-corrected chi connectivity index (χ0v) is 11.9. The molecule has 0 aromatic rings. The van der Waals surface area contributed by atoms with Crippen LogP contribution in [-0.4, -0.2) is 31.6 Å². The molecule has 18 heavy (non-hydrogen) atoms. The van der Waals surface area contributed by atoms with E-state index in [0.29, 0.717) is 18.9 Å². The molecule has 0 saturated heterocycles. The fraction of sp³-hybridized carbons (Fsp3) is 0.846. The van der Waals surface area contributed by atoms with Gasteiger partial charge >= 0.3 is 5.97 Å². The Labute approximate surface area is 109 Å². The van der Waals surface area contributed by atoms with Crippen molar-refractivity contribution >= 4 is 11.9 Å². The highest BCUT2D eigenvalue weighted by Crippen LogP contribution is 2.10. The van der Waals surface area contributed by atoms with Crippen LogP contribution in [0.25, 0.3) is 0 Å². The van der Waals surface area contributed by atoms with Crippen LogP contribution in [-0.2, 0) is 14.3 Å². The van der Waals surface area contributed by atoms with E-state index in [0.717, 1.165) is 12.8 Å². The molecular formula is C13H26N2O3. The van der Waals surface area contributed by atoms with Gasteiger partial charge in [0.15, 0.2) is 0 Å². The summed E-state index contributed by atoms with van der Waals surface area (Å²) in [7, 11) is 1.33. The summed E-state index contributed by atoms with van der Waals surface area (Å²) in [5, 5.41) is 2.72. The summed E-state index contributed by atoms with van der Waals surface area (Å²) in [6.07, 6.45) is 2.12. The molecule has 0 radical (unpaired) electrons. The van der Waals surface area contributed by atoms with E-state index in [1.807, 2.05) is 13.8 Å². The van der Waals surface area contributed by atoms with Gasteiger partial charge in [-0.15, -0.1) is 0 Å². The molecular weight excluding hydrogens is 232 g/mol. The maximum absolute atomic E-state index is 11.7. The second-order valence-corrected chi connectivity index (χ2v) is 5.03. The van der Waals surface area contributed by atoms with Gasteiger partial charge in [-0.2, -0.15) is 0 Å². The lowest BCUT2D eigenvalue weighted by molar-refractivity contribution is -0.146. The second-order valence-electron chi connectivity index (χ2n) is 5.03. The summed E-state index contributed by atoms with van der Waals surface area (Å²) in [6.45, 7) is 6.46. The molecule has 5 heteroatoms. The predicted molar refractivity (Wildman–Crippen MR) is 70.9 cm³/mol. The van der Waals surface area contributed by atoms with Crippen LogP contribution < -0.4 is 11.1 Å². The van der Waals surface area contributed by atoms with Crippen molar-refractivity contribution in [2.45, 2.75) is 46.1 Å². The zero-order valence-electron chi connectivity index (χ0n) is 11.9. The highest BCUT2D eigenvalue weighted by Gasteiger charge is 2.24. The molecule has 0 fully saturated rings. The van der Waals surface area contributed by atoms with Crippen molar-refractivity contribution in [3.8, 4) is 0 Å². The number of nitrogens with one attached hydrogen (secondary N) is 1. The van der Waals surface area contributed by atoms with Gasteiger partial charge in [-0.1, -0.05) is 20.8 Å². The van der Waals surface area contributed by atoms with Crippen LogP contribution in [0, 0.1) is 11.8 Å². The SMILES string of the molecule is COC(=O)C(NC(=O)CCC(C)CCN)C(C)C. The van der Waals surface area contributed by atoms with E-state index in [1.54, 1.807) is 0 Å². The summed E-state index contributed by atoms with van der Waals surface area (Å²) in [5.74, 6) is -0.0597. The van der Waals surface area contributed by atoms with Crippen molar-refractivity contribution in [2.24, 2.45) is 17.6 Å². The molecule has 0 aliphatic carbocycles. The molecule has 5 nitrogen and oxygen atoms in total. The molecule has 0 spiro atoms. The molecule has 1 amide bonds. The van der Waals surface area contributed by atoms with Gasteiger partial charge in [0.1, 0.15) is 6.04 Å². The van der Waals surface area contributed by atoms with Crippen LogP contribution in [0.3, 0.4) is 0 Å². The highest BCUT2D eigenvalue weighted by molar-refractivity contribution is 5.84. The third-order valence-corrected chi connectivity index (χ3v) is 2.96. The van der Waals surface area contributed by atoms with Gasteiger partial charge in [-0.05, 0) is 31.2 Å². The summed E-state index contributed by atoms with van der Waals surface area (Å²) in [6, 6.07) is -0.563. The van der Waals surface area contributed by atoms with E-state index >= 15 is 0 Å². The molecule has 0 aliphatic rings. The Kier molecular flexibility index (Phi) is 8.37. The molecule has 0 aliphatic heterocycles. The minimum Gasteiger partial charge on any atom is -0.467 e. The first-order chi connectivity index (χ1) is 8.42. The van der Waals surface area contributed by atoms with Crippen LogP contribution in [0.15, 0.2) is 0 Å². The van der Waals surface area contributed by atoms with Crippen molar-refractivity contribution in [2.75, 3.05) is 13.7 Å². The Morgan fingerprint density at radius 2 is 1.83 bits per heavy atom. The van der Waals surface area contributed by atoms with Gasteiger partial charge < -0.3 is 15.8 Å². The number of rotatable bonds is 8. The molecule has 106 valence electrons. The average molecular weight is 258 g/mol. The number of amides is 1. The largest absolute Gasteiger partial charge is 0.467 e. The van der Waals surface area contributed by atoms with Gasteiger partial charge in [0.2, 0.25) is 5.91 Å². The minimum absolute atomic E-state index is 0.0165. The number of methoxy groups -OCH3 is 1. The number of carbonyl (C=O) groups is 2. The predicted octanol–water partition coefficient (Wildman–Crippen LogP) is 1.07. The van der Waals surface area contributed by atoms with Gasteiger partial charge in [0.25, 0.3) is 0 Å². The van der Waals surface area contributed by atoms with Crippen LogP contribution in [0.2, 0.25) is 0 Å². The lowest BCUT2D eigenvalue weighted by Crippen LogP contribution is -2.45. The highest BCUT2D eigenvalue weighted by atomic mass is 16.5. The minimum atomic E-state index is -0.563. The zero-order chi connectivity index (χ0) is 14.1. The summed E-state index contributed by atoms with van der Waals surface area (Å²) in [5.41, 5.74) is 5.45. The Morgan fingerprint density at radius 3 is 2.28 bits per heavy atom. The molecule has 3 N–H and O–H groups in total. The first-order valence-electron chi connectivity index (χ1n) is 6.49. The molecule has 0 aromatic heterocycles. The topological polar surface area (TPSA) is 81.4 Å². The lowest BCUT2D eigenvalue weighted by Gasteiger charge is -2.20. The van der Waals surface area contributed by atoms with E-state index in [1.165, 1.54) is 7.11 Å². The molecule has 0 heterocycles. The molecule has 2 atom stereocenters. The van der Waals surface area contributed by atoms with Gasteiger partial charge in [-0.25, -0.2) is 4.79 Å². The number of carbonyl (C=O) groups excluding carboxylic acids is 2. The Morgan fingerprint density at radius 1 is 1.22 bits per heavy atom. The van der Waals surface area contributed by atoms with Gasteiger partial charge in [0.05, 0.1) is 7.11 Å². The number of hydrogen-bond acceptors (Lipinski definition) is 4. The van der Waals surface area contributed by atoms with Crippen molar-refractivity contribution in [1.29, 1.82) is 0 Å². The van der Waals surface area contributed by atoms with E-state index in [9.17, 15) is 9.59 Å². The average Bonchev–Trinajstić information content (AvgIpc) is 2.32. The van der Waals surface area contributed by atoms with Crippen molar-refractivity contribution < 1.29 is 14.3 Å². The number of esters is 1. The van der Waals surface area contributed by atoms with Crippen LogP contribution in [0.4, 0.5) is 0 Å². The number of ether oxygens (including phenoxy) is 1. The standard InChI is InChI=1S/C13H26N2O3/c1-9(2)12(13(17)18-4)15-11(16)6-5-10(3)7-8-14/h9-10,12H,5-8,14H2,1-4H3,(H,15,16). The smallest absolute Gasteiger partial charge is 0.328 e. The van der Waals surface area contributed by atoms with Crippen molar-refractivity contribution in [1.82, 2.24) is 5.32 Å². The monoisotopic (exact) mass is 258 g/mol. The second kappa shape index (κ2) is 8.91. The van der Waals surface area contributed by atoms with Crippen molar-refractivity contribution in [3.05, 3.63) is 0 Å². The van der Waals surface area contributed by atoms with E-state index in [4.69, 9.17) is 5.73 Å². The number of nitrogens with two attached hydrogens (primary N) is 1. The normalized spacial score (nSPS) is 14.1. The van der Waals surface area contributed by atoms with E-state index in [-0.39, 0.29) is 11.8 Å². The quantitative estimate of drug-likeness (QED) is 0.638. The van der Waals surface area contributed by atoms with Crippen molar-refractivity contribution in [3.63, 3.8) is 0 Å². The fourth-order valence-corrected chi connectivity index (χ4v) is 1.68. The first-order valence-corrected chi connectivity index (χ1v) is 6.49. The van der Waals surface area contributed by atoms with E-state index < -0.39 is 12.0 Å². The first kappa shape index (κ1) is 16.9. The summed E-state index contributed by atoms with van der Waals surface area (Å²) in [4.78, 5) is 23.2. The van der Waals surface area contributed by atoms with Crippen LogP contribution >= 0.6 is 0 Å². The molecule has 0 aromatic carbocycles. The molecule has 0 bridgehead atoms. The summed E-state index contributed by atoms with van der Waals surface area (Å²) >= 11 is 0. The summed E-state index contributed by atoms with van der Waals surface area (Å²) < 4.78 is 4.67. The maximum atomic E-state index is 11.7. The van der Waals surface area contributed by atoms with Crippen LogP contribution in [0.5, 0.6) is 0 Å². The third kappa shape index (κ3) is 6.59. The maximum Gasteiger partial charge on any atom is 0.328 e. The number of hydrogen-bond donors (Lipinski definition) is 2. The molecule has 0 rings (SSSR count). The van der Waals surface area contributed by atoms with E-state index in [2.05, 4.69) is 17.0 Å². The van der Waals surface area contributed by atoms with Gasteiger partial charge in [-0.3, -0.25) is 4.79 Å². The lowest BCUT2D eigenvalue weighted by atomic mass is 10.0. The van der Waals surface area contributed by atoms with Crippen LogP contribution in [0.1, 0.15) is 40.0 Å². The molecule has 2 unspecified atom stereocenters. The van der Waals surface area contributed by atoms with Gasteiger partial charge in [0, 0.05) is 6.42 Å². The Bertz CT molecular complexity index is 267. The molecule has 0 saturated carbocycles.